The minimum Gasteiger partial charge on any atom is -0.490 e. The number of carbonyl (C=O) groups is 1. The number of sulfonamides is 1. The van der Waals surface area contributed by atoms with Gasteiger partial charge in [0, 0.05) is 44.2 Å². The van der Waals surface area contributed by atoms with E-state index in [0.29, 0.717) is 37.8 Å². The number of rotatable bonds is 5. The predicted octanol–water partition coefficient (Wildman–Crippen LogP) is 2.48. The van der Waals surface area contributed by atoms with E-state index in [4.69, 9.17) is 9.47 Å². The molecule has 0 radical (unpaired) electrons. The number of carbonyl (C=O) groups excluding carboxylic acids is 1. The number of fused-ring (bicyclic) bond motifs is 1. The van der Waals surface area contributed by atoms with Crippen LogP contribution in [0.15, 0.2) is 23.1 Å². The van der Waals surface area contributed by atoms with Gasteiger partial charge in [-0.15, -0.1) is 0 Å². The molecular formula is C23H37N3O5S. The molecule has 8 nitrogen and oxygen atoms in total. The molecule has 2 heterocycles. The van der Waals surface area contributed by atoms with Crippen molar-refractivity contribution in [3.05, 3.63) is 18.2 Å². The summed E-state index contributed by atoms with van der Waals surface area (Å²) < 4.78 is 40.2. The predicted molar refractivity (Wildman–Crippen MR) is 124 cm³/mol. The molecule has 1 N–H and O–H groups in total. The SMILES string of the molecule is CC(C)C(NS(=O)(=O)c1ccc2c(c1)OCCCO2)C(=O)N1CCCN(C(C)(C)C)CC1. The normalized spacial score (nSPS) is 19.4. The molecule has 1 amide bonds. The average Bonchev–Trinajstić information content (AvgIpc) is 3.11. The monoisotopic (exact) mass is 467 g/mol. The standard InChI is InChI=1S/C23H37N3O5S/c1-17(2)21(22(27)25-10-6-11-26(13-12-25)23(3,4)5)24-32(28,29)18-8-9-19-20(16-18)31-15-7-14-30-19/h8-9,16-17,21,24H,6-7,10-15H2,1-5H3. The van der Waals surface area contributed by atoms with Gasteiger partial charge in [-0.05, 0) is 45.2 Å². The molecule has 0 bridgehead atoms. The van der Waals surface area contributed by atoms with Crippen LogP contribution in [0.5, 0.6) is 11.5 Å². The van der Waals surface area contributed by atoms with Gasteiger partial charge in [-0.1, -0.05) is 13.8 Å². The van der Waals surface area contributed by atoms with Gasteiger partial charge in [-0.2, -0.15) is 4.72 Å². The highest BCUT2D eigenvalue weighted by molar-refractivity contribution is 7.89. The lowest BCUT2D eigenvalue weighted by Crippen LogP contribution is -2.52. The van der Waals surface area contributed by atoms with Gasteiger partial charge in [0.25, 0.3) is 0 Å². The molecule has 9 heteroatoms. The molecule has 1 aromatic rings. The van der Waals surface area contributed by atoms with Crippen molar-refractivity contribution in [1.82, 2.24) is 14.5 Å². The maximum atomic E-state index is 13.4. The lowest BCUT2D eigenvalue weighted by Gasteiger charge is -2.34. The van der Waals surface area contributed by atoms with Crippen molar-refractivity contribution in [1.29, 1.82) is 0 Å². The molecule has 1 atom stereocenters. The largest absolute Gasteiger partial charge is 0.490 e. The maximum Gasteiger partial charge on any atom is 0.241 e. The molecule has 0 saturated carbocycles. The average molecular weight is 468 g/mol. The summed E-state index contributed by atoms with van der Waals surface area (Å²) in [6.07, 6.45) is 1.60. The van der Waals surface area contributed by atoms with Crippen LogP contribution in [-0.4, -0.2) is 75.1 Å². The third kappa shape index (κ3) is 5.94. The van der Waals surface area contributed by atoms with E-state index in [1.807, 2.05) is 13.8 Å². The Hall–Kier alpha value is -1.84. The van der Waals surface area contributed by atoms with Crippen LogP contribution in [0.25, 0.3) is 0 Å². The van der Waals surface area contributed by atoms with Gasteiger partial charge in [0.05, 0.1) is 18.1 Å². The molecule has 32 heavy (non-hydrogen) atoms. The van der Waals surface area contributed by atoms with Gasteiger partial charge in [0.1, 0.15) is 6.04 Å². The number of hydrogen-bond donors (Lipinski definition) is 1. The Kier molecular flexibility index (Phi) is 7.73. The third-order valence-electron chi connectivity index (χ3n) is 6.00. The van der Waals surface area contributed by atoms with E-state index in [-0.39, 0.29) is 22.3 Å². The van der Waals surface area contributed by atoms with Crippen LogP contribution in [-0.2, 0) is 14.8 Å². The van der Waals surface area contributed by atoms with E-state index in [9.17, 15) is 13.2 Å². The highest BCUT2D eigenvalue weighted by Gasteiger charge is 2.34. The molecule has 2 aliphatic rings. The summed E-state index contributed by atoms with van der Waals surface area (Å²) in [6.45, 7) is 14.1. The van der Waals surface area contributed by atoms with E-state index >= 15 is 0 Å². The topological polar surface area (TPSA) is 88.2 Å². The molecule has 1 saturated heterocycles. The van der Waals surface area contributed by atoms with Gasteiger partial charge in [0.2, 0.25) is 15.9 Å². The fraction of sp³-hybridized carbons (Fsp3) is 0.696. The van der Waals surface area contributed by atoms with Crippen LogP contribution in [0, 0.1) is 5.92 Å². The zero-order valence-electron chi connectivity index (χ0n) is 19.9. The van der Waals surface area contributed by atoms with E-state index in [1.165, 1.54) is 12.1 Å². The summed E-state index contributed by atoms with van der Waals surface area (Å²) in [4.78, 5) is 17.6. The number of amides is 1. The molecule has 3 rings (SSSR count). The summed E-state index contributed by atoms with van der Waals surface area (Å²) in [6, 6.07) is 3.73. The molecule has 2 aliphatic heterocycles. The Morgan fingerprint density at radius 2 is 1.69 bits per heavy atom. The molecule has 0 spiro atoms. The van der Waals surface area contributed by atoms with E-state index < -0.39 is 16.1 Å². The fourth-order valence-corrected chi connectivity index (χ4v) is 5.38. The number of benzene rings is 1. The van der Waals surface area contributed by atoms with Gasteiger partial charge >= 0.3 is 0 Å². The van der Waals surface area contributed by atoms with Crippen LogP contribution in [0.3, 0.4) is 0 Å². The number of nitrogens with one attached hydrogen (secondary N) is 1. The first-order valence-electron chi connectivity index (χ1n) is 11.4. The second-order valence-corrected chi connectivity index (χ2v) is 11.6. The zero-order valence-corrected chi connectivity index (χ0v) is 20.7. The second-order valence-electron chi connectivity index (χ2n) is 9.84. The first kappa shape index (κ1) is 24.8. The number of ether oxygens (including phenoxy) is 2. The molecule has 180 valence electrons. The van der Waals surface area contributed by atoms with Crippen LogP contribution in [0.4, 0.5) is 0 Å². The van der Waals surface area contributed by atoms with E-state index in [1.54, 1.807) is 11.0 Å². The Morgan fingerprint density at radius 3 is 2.34 bits per heavy atom. The van der Waals surface area contributed by atoms with Crippen molar-refractivity contribution in [3.63, 3.8) is 0 Å². The number of hydrogen-bond acceptors (Lipinski definition) is 6. The minimum atomic E-state index is -3.92. The zero-order chi connectivity index (χ0) is 23.5. The van der Waals surface area contributed by atoms with Gasteiger partial charge < -0.3 is 14.4 Å². The molecule has 0 aliphatic carbocycles. The Bertz CT molecular complexity index is 911. The highest BCUT2D eigenvalue weighted by Crippen LogP contribution is 2.32. The minimum absolute atomic E-state index is 0.0369. The van der Waals surface area contributed by atoms with Crippen molar-refractivity contribution < 1.29 is 22.7 Å². The Labute approximate surface area is 192 Å². The maximum absolute atomic E-state index is 13.4. The molecule has 0 aromatic heterocycles. The van der Waals surface area contributed by atoms with Gasteiger partial charge in [0.15, 0.2) is 11.5 Å². The summed E-state index contributed by atoms with van der Waals surface area (Å²) in [5.41, 5.74) is 0.0369. The molecule has 1 fully saturated rings. The quantitative estimate of drug-likeness (QED) is 0.716. The summed E-state index contributed by atoms with van der Waals surface area (Å²) in [5.74, 6) is 0.576. The lowest BCUT2D eigenvalue weighted by molar-refractivity contribution is -0.134. The van der Waals surface area contributed by atoms with E-state index in [0.717, 1.165) is 25.9 Å². The van der Waals surface area contributed by atoms with Gasteiger partial charge in [-0.3, -0.25) is 9.69 Å². The smallest absolute Gasteiger partial charge is 0.241 e. The molecule has 1 unspecified atom stereocenters. The van der Waals surface area contributed by atoms with Crippen LogP contribution >= 0.6 is 0 Å². The van der Waals surface area contributed by atoms with Crippen molar-refractivity contribution >= 4 is 15.9 Å². The highest BCUT2D eigenvalue weighted by atomic mass is 32.2. The second kappa shape index (κ2) is 9.97. The lowest BCUT2D eigenvalue weighted by atomic mass is 10.0. The van der Waals surface area contributed by atoms with Crippen LogP contribution in [0.2, 0.25) is 0 Å². The van der Waals surface area contributed by atoms with Gasteiger partial charge in [-0.25, -0.2) is 8.42 Å². The van der Waals surface area contributed by atoms with Crippen molar-refractivity contribution in [2.75, 3.05) is 39.4 Å². The van der Waals surface area contributed by atoms with Crippen molar-refractivity contribution in [2.24, 2.45) is 5.92 Å². The van der Waals surface area contributed by atoms with E-state index in [2.05, 4.69) is 30.4 Å². The summed E-state index contributed by atoms with van der Waals surface area (Å²) in [7, 11) is -3.92. The van der Waals surface area contributed by atoms with Crippen molar-refractivity contribution in [2.45, 2.75) is 63.9 Å². The first-order chi connectivity index (χ1) is 15.0. The summed E-state index contributed by atoms with van der Waals surface area (Å²) >= 11 is 0. The fourth-order valence-electron chi connectivity index (χ4n) is 4.02. The molecule has 1 aromatic carbocycles. The Morgan fingerprint density at radius 1 is 1.00 bits per heavy atom. The third-order valence-corrected chi connectivity index (χ3v) is 7.44. The van der Waals surface area contributed by atoms with Crippen LogP contribution < -0.4 is 14.2 Å². The van der Waals surface area contributed by atoms with Crippen LogP contribution in [0.1, 0.15) is 47.5 Å². The summed E-state index contributed by atoms with van der Waals surface area (Å²) in [5, 5.41) is 0. The first-order valence-corrected chi connectivity index (χ1v) is 12.9. The number of nitrogens with zero attached hydrogens (tertiary/aromatic N) is 2. The van der Waals surface area contributed by atoms with Crippen molar-refractivity contribution in [3.8, 4) is 11.5 Å². The molecular weight excluding hydrogens is 430 g/mol. The Balaban J connectivity index is 1.75.